The summed E-state index contributed by atoms with van der Waals surface area (Å²) in [4.78, 5) is 12.4. The van der Waals surface area contributed by atoms with Crippen molar-refractivity contribution in [3.63, 3.8) is 0 Å². The lowest BCUT2D eigenvalue weighted by molar-refractivity contribution is -0.257. The van der Waals surface area contributed by atoms with E-state index in [4.69, 9.17) is 15.0 Å². The van der Waals surface area contributed by atoms with Crippen molar-refractivity contribution in [3.05, 3.63) is 30.3 Å². The molecule has 1 aromatic carbocycles. The molecule has 29 heavy (non-hydrogen) atoms. The number of carbonyl (C=O) groups excluding carboxylic acids is 1. The van der Waals surface area contributed by atoms with Crippen molar-refractivity contribution in [1.29, 1.82) is 0 Å². The number of nitrogens with two attached hydrogens (primary N) is 1. The monoisotopic (exact) mass is 420 g/mol. The Morgan fingerprint density at radius 1 is 1.28 bits per heavy atom. The van der Waals surface area contributed by atoms with Gasteiger partial charge in [-0.15, -0.1) is 0 Å². The highest BCUT2D eigenvalue weighted by molar-refractivity contribution is 7.90. The van der Waals surface area contributed by atoms with Crippen molar-refractivity contribution in [2.24, 2.45) is 17.1 Å². The molecule has 1 aliphatic heterocycles. The Kier molecular flexibility index (Phi) is 4.89. The summed E-state index contributed by atoms with van der Waals surface area (Å²) in [7, 11) is -4.36. The Morgan fingerprint density at radius 3 is 2.59 bits per heavy atom. The summed E-state index contributed by atoms with van der Waals surface area (Å²) in [5.74, 6) is -0.0631. The van der Waals surface area contributed by atoms with Gasteiger partial charge in [-0.25, -0.2) is 13.1 Å². The molecule has 4 atom stereocenters. The Balaban J connectivity index is 1.35. The van der Waals surface area contributed by atoms with Crippen molar-refractivity contribution in [3.8, 4) is 0 Å². The van der Waals surface area contributed by atoms with E-state index in [2.05, 4.69) is 25.5 Å². The maximum absolute atomic E-state index is 12.3. The molecule has 1 unspecified atom stereocenters. The van der Waals surface area contributed by atoms with Crippen LogP contribution in [-0.2, 0) is 24.1 Å². The quantitative estimate of drug-likeness (QED) is 0.683. The Hall–Kier alpha value is -1.42. The Bertz CT molecular complexity index is 909. The average Bonchev–Trinajstić information content (AvgIpc) is 3.01. The van der Waals surface area contributed by atoms with E-state index in [1.807, 2.05) is 0 Å². The van der Waals surface area contributed by atoms with Crippen LogP contribution in [0.5, 0.6) is 0 Å². The molecule has 2 bridgehead atoms. The number of benzene rings is 1. The van der Waals surface area contributed by atoms with Crippen LogP contribution in [0.15, 0.2) is 35.2 Å². The topological polar surface area (TPSA) is 108 Å². The van der Waals surface area contributed by atoms with Crippen LogP contribution < -0.4 is 10.5 Å². The Morgan fingerprint density at radius 2 is 1.97 bits per heavy atom. The molecule has 1 spiro atoms. The molecule has 1 aromatic rings. The van der Waals surface area contributed by atoms with E-state index in [0.717, 1.165) is 19.3 Å². The molecule has 5 rings (SSSR count). The molecule has 1 heterocycles. The predicted molar refractivity (Wildman–Crippen MR) is 109 cm³/mol. The van der Waals surface area contributed by atoms with Gasteiger partial charge in [-0.3, -0.25) is 4.79 Å². The minimum Gasteiger partial charge on any atom is -0.403 e. The zero-order valence-corrected chi connectivity index (χ0v) is 18.0. The second-order valence-corrected chi connectivity index (χ2v) is 11.0. The van der Waals surface area contributed by atoms with Crippen molar-refractivity contribution in [1.82, 2.24) is 4.72 Å². The van der Waals surface area contributed by atoms with Gasteiger partial charge in [-0.2, -0.15) is 0 Å². The maximum Gasteiger partial charge on any atom is 0.457 e. The number of fused-ring (bicyclic) bond motifs is 1. The molecule has 0 aromatic heterocycles. The van der Waals surface area contributed by atoms with E-state index in [0.29, 0.717) is 12.2 Å². The fourth-order valence-corrected chi connectivity index (χ4v) is 6.57. The van der Waals surface area contributed by atoms with Crippen LogP contribution >= 0.6 is 0 Å². The van der Waals surface area contributed by atoms with Gasteiger partial charge in [0.25, 0.3) is 15.9 Å². The zero-order chi connectivity index (χ0) is 21.1. The second kappa shape index (κ2) is 6.80. The SMILES string of the molecule is CC1(C)C2CC[C@]3(C)OB(CC[C@H](N)C(=O)NS(=O)(=O)c4ccccc4)O[C@]13C2. The third-order valence-corrected chi connectivity index (χ3v) is 8.84. The van der Waals surface area contributed by atoms with Crippen LogP contribution in [0.1, 0.15) is 46.5 Å². The van der Waals surface area contributed by atoms with Crippen molar-refractivity contribution in [2.75, 3.05) is 0 Å². The highest BCUT2D eigenvalue weighted by atomic mass is 32.2. The summed E-state index contributed by atoms with van der Waals surface area (Å²) >= 11 is 0. The molecule has 9 heteroatoms. The van der Waals surface area contributed by atoms with Crippen LogP contribution in [0.25, 0.3) is 0 Å². The summed E-state index contributed by atoms with van der Waals surface area (Å²) in [5.41, 5.74) is 5.43. The highest BCUT2D eigenvalue weighted by Gasteiger charge is 2.75. The van der Waals surface area contributed by atoms with Gasteiger partial charge in [0, 0.05) is 0 Å². The van der Waals surface area contributed by atoms with Gasteiger partial charge in [0.2, 0.25) is 0 Å². The standard InChI is InChI=1S/C20H29BN2O5S/c1-18(2)14-9-11-19(3)20(18,13-14)28-21(27-19)12-10-16(22)17(24)23-29(25,26)15-7-5-4-6-8-15/h4-8,14,16H,9-13,22H2,1-3H3,(H,23,24)/t14?,16-,19-,20+/m0/s1. The Labute approximate surface area is 172 Å². The molecular weight excluding hydrogens is 391 g/mol. The third kappa shape index (κ3) is 3.14. The summed E-state index contributed by atoms with van der Waals surface area (Å²) in [6.45, 7) is 6.62. The molecule has 158 valence electrons. The number of hydrogen-bond donors (Lipinski definition) is 2. The van der Waals surface area contributed by atoms with Crippen LogP contribution in [-0.4, -0.2) is 38.7 Å². The first kappa shape index (κ1) is 20.8. The number of rotatable bonds is 6. The lowest BCUT2D eigenvalue weighted by atomic mass is 9.41. The summed E-state index contributed by atoms with van der Waals surface area (Å²) < 4.78 is 39.4. The molecule has 3 saturated carbocycles. The van der Waals surface area contributed by atoms with Gasteiger partial charge in [-0.1, -0.05) is 32.0 Å². The molecule has 4 aliphatic rings. The van der Waals surface area contributed by atoms with Crippen LogP contribution in [0, 0.1) is 11.3 Å². The van der Waals surface area contributed by atoms with Gasteiger partial charge in [0.05, 0.1) is 22.1 Å². The number of sulfonamides is 1. The van der Waals surface area contributed by atoms with Crippen molar-refractivity contribution < 1.29 is 22.5 Å². The largest absolute Gasteiger partial charge is 0.457 e. The van der Waals surface area contributed by atoms with E-state index in [1.165, 1.54) is 12.1 Å². The van der Waals surface area contributed by atoms with E-state index < -0.39 is 29.1 Å². The van der Waals surface area contributed by atoms with Crippen molar-refractivity contribution in [2.45, 2.75) is 74.9 Å². The molecule has 4 fully saturated rings. The minimum atomic E-state index is -3.93. The van der Waals surface area contributed by atoms with Gasteiger partial charge >= 0.3 is 7.12 Å². The summed E-state index contributed by atoms with van der Waals surface area (Å²) in [6, 6.07) is 6.79. The zero-order valence-electron chi connectivity index (χ0n) is 17.2. The average molecular weight is 420 g/mol. The van der Waals surface area contributed by atoms with E-state index in [1.54, 1.807) is 18.2 Å². The second-order valence-electron chi connectivity index (χ2n) is 9.35. The fraction of sp³-hybridized carbons (Fsp3) is 0.650. The molecule has 7 nitrogen and oxygen atoms in total. The minimum absolute atomic E-state index is 0.0286. The van der Waals surface area contributed by atoms with Crippen molar-refractivity contribution >= 4 is 23.0 Å². The third-order valence-electron chi connectivity index (χ3n) is 7.48. The van der Waals surface area contributed by atoms with Gasteiger partial charge in [-0.05, 0) is 62.4 Å². The number of nitrogens with one attached hydrogen (secondary N) is 1. The normalized spacial score (nSPS) is 33.5. The van der Waals surface area contributed by atoms with E-state index in [9.17, 15) is 13.2 Å². The molecule has 1 saturated heterocycles. The number of carbonyl (C=O) groups is 1. The molecule has 0 radical (unpaired) electrons. The highest BCUT2D eigenvalue weighted by Crippen LogP contribution is 2.70. The van der Waals surface area contributed by atoms with Gasteiger partial charge in [0.15, 0.2) is 0 Å². The first-order valence-electron chi connectivity index (χ1n) is 10.2. The molecule has 1 amide bonds. The van der Waals surface area contributed by atoms with E-state index >= 15 is 0 Å². The van der Waals surface area contributed by atoms with Crippen LogP contribution in [0.2, 0.25) is 6.32 Å². The summed E-state index contributed by atoms with van der Waals surface area (Å²) in [6.07, 6.45) is 3.84. The van der Waals surface area contributed by atoms with E-state index in [-0.39, 0.29) is 27.9 Å². The molecule has 3 N–H and O–H groups in total. The molecular formula is C20H29BN2O5S. The fourth-order valence-electron chi connectivity index (χ4n) is 5.52. The first-order chi connectivity index (χ1) is 13.5. The first-order valence-corrected chi connectivity index (χ1v) is 11.7. The van der Waals surface area contributed by atoms with Gasteiger partial charge in [0.1, 0.15) is 0 Å². The van der Waals surface area contributed by atoms with Crippen LogP contribution in [0.3, 0.4) is 0 Å². The maximum atomic E-state index is 12.3. The lowest BCUT2D eigenvalue weighted by Gasteiger charge is -2.69. The summed E-state index contributed by atoms with van der Waals surface area (Å²) in [5, 5.41) is 0. The lowest BCUT2D eigenvalue weighted by Crippen LogP contribution is -2.73. The smallest absolute Gasteiger partial charge is 0.403 e. The number of hydrogen-bond acceptors (Lipinski definition) is 6. The predicted octanol–water partition coefficient (Wildman–Crippen LogP) is 2.08. The molecule has 3 aliphatic carbocycles. The number of amides is 1. The van der Waals surface area contributed by atoms with Gasteiger partial charge < -0.3 is 15.0 Å². The van der Waals surface area contributed by atoms with Crippen LogP contribution in [0.4, 0.5) is 0 Å².